The molecule has 208 valence electrons. The second kappa shape index (κ2) is 12.0. The maximum Gasteiger partial charge on any atom is 0.416 e. The zero-order valence-corrected chi connectivity index (χ0v) is 22.1. The summed E-state index contributed by atoms with van der Waals surface area (Å²) in [5.74, 6) is -1.55. The lowest BCUT2D eigenvalue weighted by atomic mass is 10.1. The van der Waals surface area contributed by atoms with Gasteiger partial charge in [0.15, 0.2) is 11.5 Å². The summed E-state index contributed by atoms with van der Waals surface area (Å²) in [5.41, 5.74) is -0.00422. The van der Waals surface area contributed by atoms with Gasteiger partial charge >= 0.3 is 6.18 Å². The molecule has 0 aliphatic carbocycles. The first-order valence-corrected chi connectivity index (χ1v) is 12.6. The Labute approximate surface area is 234 Å². The van der Waals surface area contributed by atoms with Crippen molar-refractivity contribution in [2.75, 3.05) is 19.0 Å². The van der Waals surface area contributed by atoms with Gasteiger partial charge in [0.25, 0.3) is 11.1 Å². The second-order valence-corrected chi connectivity index (χ2v) is 9.74. The van der Waals surface area contributed by atoms with Crippen molar-refractivity contribution in [3.63, 3.8) is 0 Å². The maximum atomic E-state index is 13.1. The molecule has 1 N–H and O–H groups in total. The SMILES string of the molecule is COc1cc(/C=C2\SC(=O)N(CC(=O)Nc3cccc(C(F)(F)F)c3)C2=O)cc(Cl)c1OCc1ccc(F)cc1. The van der Waals surface area contributed by atoms with Crippen LogP contribution in [0.4, 0.5) is 28.0 Å². The average molecular weight is 595 g/mol. The molecule has 1 aliphatic rings. The zero-order valence-electron chi connectivity index (χ0n) is 20.6. The van der Waals surface area contributed by atoms with E-state index in [9.17, 15) is 31.9 Å². The molecular formula is C27H19ClF4N2O5S. The van der Waals surface area contributed by atoms with Crippen molar-refractivity contribution in [3.05, 3.63) is 93.1 Å². The lowest BCUT2D eigenvalue weighted by Gasteiger charge is -2.14. The fourth-order valence-electron chi connectivity index (χ4n) is 3.60. The van der Waals surface area contributed by atoms with Gasteiger partial charge in [0.1, 0.15) is 19.0 Å². The Kier molecular flexibility index (Phi) is 8.70. The minimum atomic E-state index is -4.60. The number of anilines is 1. The topological polar surface area (TPSA) is 84.9 Å². The Hall–Kier alpha value is -4.03. The number of alkyl halides is 3. The Morgan fingerprint density at radius 1 is 1.10 bits per heavy atom. The minimum absolute atomic E-state index is 0.00466. The number of nitrogens with one attached hydrogen (secondary N) is 1. The minimum Gasteiger partial charge on any atom is -0.493 e. The molecule has 3 amide bonds. The van der Waals surface area contributed by atoms with Crippen LogP contribution >= 0.6 is 23.4 Å². The average Bonchev–Trinajstić information content (AvgIpc) is 3.15. The molecule has 1 fully saturated rings. The normalized spacial score (nSPS) is 14.6. The molecule has 1 saturated heterocycles. The van der Waals surface area contributed by atoms with Crippen LogP contribution in [0.15, 0.2) is 65.6 Å². The van der Waals surface area contributed by atoms with Crippen molar-refractivity contribution in [1.29, 1.82) is 0 Å². The molecular weight excluding hydrogens is 576 g/mol. The number of hydrogen-bond donors (Lipinski definition) is 1. The summed E-state index contributed by atoms with van der Waals surface area (Å²) in [6.45, 7) is -0.615. The number of carbonyl (C=O) groups excluding carboxylic acids is 3. The molecule has 1 heterocycles. The van der Waals surface area contributed by atoms with E-state index < -0.39 is 35.3 Å². The maximum absolute atomic E-state index is 13.1. The third-order valence-corrected chi connectivity index (χ3v) is 6.68. The molecule has 0 unspecified atom stereocenters. The molecule has 3 aromatic rings. The molecule has 40 heavy (non-hydrogen) atoms. The van der Waals surface area contributed by atoms with E-state index in [1.807, 2.05) is 0 Å². The highest BCUT2D eigenvalue weighted by molar-refractivity contribution is 8.18. The summed E-state index contributed by atoms with van der Waals surface area (Å²) in [6, 6.07) is 12.7. The van der Waals surface area contributed by atoms with E-state index in [0.717, 1.165) is 18.2 Å². The van der Waals surface area contributed by atoms with Crippen LogP contribution in [0.3, 0.4) is 0 Å². The summed E-state index contributed by atoms with van der Waals surface area (Å²) in [4.78, 5) is 38.4. The summed E-state index contributed by atoms with van der Waals surface area (Å²) in [5, 5.41) is 1.68. The summed E-state index contributed by atoms with van der Waals surface area (Å²) in [7, 11) is 1.39. The monoisotopic (exact) mass is 594 g/mol. The number of halogens is 5. The predicted molar refractivity (Wildman–Crippen MR) is 141 cm³/mol. The van der Waals surface area contributed by atoms with Crippen LogP contribution in [-0.2, 0) is 22.4 Å². The largest absolute Gasteiger partial charge is 0.493 e. The van der Waals surface area contributed by atoms with Crippen molar-refractivity contribution in [1.82, 2.24) is 4.90 Å². The van der Waals surface area contributed by atoms with Crippen molar-refractivity contribution < 1.29 is 41.4 Å². The quantitative estimate of drug-likeness (QED) is 0.229. The molecule has 3 aromatic carbocycles. The number of nitrogens with zero attached hydrogens (tertiary/aromatic N) is 1. The molecule has 0 bridgehead atoms. The van der Waals surface area contributed by atoms with Gasteiger partial charge in [-0.05, 0) is 71.4 Å². The predicted octanol–water partition coefficient (Wildman–Crippen LogP) is 6.76. The van der Waals surface area contributed by atoms with E-state index in [1.54, 1.807) is 12.1 Å². The lowest BCUT2D eigenvalue weighted by Crippen LogP contribution is -2.36. The number of methoxy groups -OCH3 is 1. The number of hydrogen-bond acceptors (Lipinski definition) is 6. The molecule has 0 radical (unpaired) electrons. The second-order valence-electron chi connectivity index (χ2n) is 8.34. The Morgan fingerprint density at radius 3 is 2.50 bits per heavy atom. The smallest absolute Gasteiger partial charge is 0.416 e. The van der Waals surface area contributed by atoms with Crippen LogP contribution in [0, 0.1) is 5.82 Å². The highest BCUT2D eigenvalue weighted by atomic mass is 35.5. The number of rotatable bonds is 8. The Bertz CT molecular complexity index is 1500. The fourth-order valence-corrected chi connectivity index (χ4v) is 4.72. The first kappa shape index (κ1) is 29.0. The van der Waals surface area contributed by atoms with Gasteiger partial charge in [-0.15, -0.1) is 0 Å². The van der Waals surface area contributed by atoms with Gasteiger partial charge in [0.2, 0.25) is 5.91 Å². The van der Waals surface area contributed by atoms with Crippen LogP contribution in [-0.4, -0.2) is 35.6 Å². The zero-order chi connectivity index (χ0) is 29.0. The van der Waals surface area contributed by atoms with Crippen LogP contribution in [0.25, 0.3) is 6.08 Å². The molecule has 0 aromatic heterocycles. The van der Waals surface area contributed by atoms with E-state index in [1.165, 1.54) is 43.5 Å². The molecule has 4 rings (SSSR count). The van der Waals surface area contributed by atoms with Crippen molar-refractivity contribution in [2.24, 2.45) is 0 Å². The van der Waals surface area contributed by atoms with E-state index in [4.69, 9.17) is 21.1 Å². The number of ether oxygens (including phenoxy) is 2. The number of carbonyl (C=O) groups is 3. The van der Waals surface area contributed by atoms with E-state index in [-0.39, 0.29) is 39.5 Å². The summed E-state index contributed by atoms with van der Waals surface area (Å²) in [6.07, 6.45) is -3.22. The van der Waals surface area contributed by atoms with Gasteiger partial charge in [-0.1, -0.05) is 29.8 Å². The molecule has 13 heteroatoms. The van der Waals surface area contributed by atoms with Crippen LogP contribution in [0.2, 0.25) is 5.02 Å². The molecule has 7 nitrogen and oxygen atoms in total. The van der Waals surface area contributed by atoms with Gasteiger partial charge in [-0.25, -0.2) is 4.39 Å². The third-order valence-electron chi connectivity index (χ3n) is 5.49. The fraction of sp³-hybridized carbons (Fsp3) is 0.148. The van der Waals surface area contributed by atoms with Crippen molar-refractivity contribution in [2.45, 2.75) is 12.8 Å². The van der Waals surface area contributed by atoms with E-state index in [0.29, 0.717) is 27.8 Å². The summed E-state index contributed by atoms with van der Waals surface area (Å²) >= 11 is 6.97. The highest BCUT2D eigenvalue weighted by Gasteiger charge is 2.36. The first-order valence-electron chi connectivity index (χ1n) is 11.4. The molecule has 0 atom stereocenters. The third kappa shape index (κ3) is 6.93. The van der Waals surface area contributed by atoms with Crippen molar-refractivity contribution in [3.8, 4) is 11.5 Å². The number of benzene rings is 3. The van der Waals surface area contributed by atoms with Gasteiger partial charge < -0.3 is 14.8 Å². The van der Waals surface area contributed by atoms with Gasteiger partial charge in [-0.3, -0.25) is 19.3 Å². The van der Waals surface area contributed by atoms with Crippen LogP contribution < -0.4 is 14.8 Å². The Morgan fingerprint density at radius 2 is 1.82 bits per heavy atom. The van der Waals surface area contributed by atoms with Gasteiger partial charge in [0, 0.05) is 5.69 Å². The van der Waals surface area contributed by atoms with Crippen LogP contribution in [0.1, 0.15) is 16.7 Å². The standard InChI is InChI=1S/C27H19ClF4N2O5S/c1-38-21-10-16(9-20(28)24(21)39-14-15-5-7-18(29)8-6-15)11-22-25(36)34(26(37)40-22)13-23(35)33-19-4-2-3-17(12-19)27(30,31)32/h2-12H,13-14H2,1H3,(H,33,35)/b22-11-. The lowest BCUT2D eigenvalue weighted by molar-refractivity contribution is -0.137. The number of thioether (sulfide) groups is 1. The van der Waals surface area contributed by atoms with Gasteiger partial charge in [-0.2, -0.15) is 13.2 Å². The summed E-state index contributed by atoms with van der Waals surface area (Å²) < 4.78 is 63.0. The number of imide groups is 1. The molecule has 1 aliphatic heterocycles. The molecule has 0 saturated carbocycles. The highest BCUT2D eigenvalue weighted by Crippen LogP contribution is 2.39. The number of amides is 3. The van der Waals surface area contributed by atoms with E-state index >= 15 is 0 Å². The van der Waals surface area contributed by atoms with E-state index in [2.05, 4.69) is 5.32 Å². The Balaban J connectivity index is 1.45. The first-order chi connectivity index (χ1) is 18.9. The van der Waals surface area contributed by atoms with Crippen LogP contribution in [0.5, 0.6) is 11.5 Å². The van der Waals surface area contributed by atoms with Crippen molar-refractivity contribution >= 4 is 52.2 Å². The van der Waals surface area contributed by atoms with Gasteiger partial charge in [0.05, 0.1) is 22.6 Å². The molecule has 0 spiro atoms.